The molecule has 0 saturated carbocycles. The first-order valence-corrected chi connectivity index (χ1v) is 3.04. The second-order valence-electron chi connectivity index (χ2n) is 2.31. The van der Waals surface area contributed by atoms with Gasteiger partial charge in [-0.05, 0) is 5.92 Å². The Morgan fingerprint density at radius 2 is 2.11 bits per heavy atom. The minimum atomic E-state index is -0.0185. The van der Waals surface area contributed by atoms with Gasteiger partial charge in [-0.3, -0.25) is 4.99 Å². The van der Waals surface area contributed by atoms with Crippen LogP contribution >= 0.6 is 0 Å². The molecule has 0 saturated heterocycles. The van der Waals surface area contributed by atoms with Gasteiger partial charge in [0, 0.05) is 13.3 Å². The molecular formula is C7H12N2. The SMILES string of the molecule is CN=CC(C#N)C(C)C. The minimum absolute atomic E-state index is 0.0185. The van der Waals surface area contributed by atoms with Gasteiger partial charge in [0.15, 0.2) is 0 Å². The Balaban J connectivity index is 3.87. The van der Waals surface area contributed by atoms with Gasteiger partial charge in [-0.15, -0.1) is 0 Å². The number of nitriles is 1. The van der Waals surface area contributed by atoms with Gasteiger partial charge < -0.3 is 0 Å². The van der Waals surface area contributed by atoms with E-state index in [0.717, 1.165) is 0 Å². The van der Waals surface area contributed by atoms with Gasteiger partial charge in [-0.2, -0.15) is 5.26 Å². The molecule has 0 spiro atoms. The fraction of sp³-hybridized carbons (Fsp3) is 0.714. The molecule has 9 heavy (non-hydrogen) atoms. The number of rotatable bonds is 2. The maximum Gasteiger partial charge on any atom is 0.0833 e. The van der Waals surface area contributed by atoms with Gasteiger partial charge in [0.25, 0.3) is 0 Å². The fourth-order valence-electron chi connectivity index (χ4n) is 0.515. The number of nitrogens with zero attached hydrogens (tertiary/aromatic N) is 2. The van der Waals surface area contributed by atoms with E-state index in [2.05, 4.69) is 11.1 Å². The molecule has 0 heterocycles. The molecule has 2 nitrogen and oxygen atoms in total. The van der Waals surface area contributed by atoms with Crippen LogP contribution in [0.25, 0.3) is 0 Å². The van der Waals surface area contributed by atoms with E-state index in [-0.39, 0.29) is 5.92 Å². The zero-order valence-corrected chi connectivity index (χ0v) is 6.13. The maximum absolute atomic E-state index is 8.49. The number of hydrogen-bond donors (Lipinski definition) is 0. The van der Waals surface area contributed by atoms with Crippen molar-refractivity contribution in [1.29, 1.82) is 5.26 Å². The van der Waals surface area contributed by atoms with E-state index in [0.29, 0.717) is 5.92 Å². The van der Waals surface area contributed by atoms with Crippen molar-refractivity contribution in [2.75, 3.05) is 7.05 Å². The monoisotopic (exact) mass is 124 g/mol. The molecule has 0 aliphatic heterocycles. The highest BCUT2D eigenvalue weighted by atomic mass is 14.6. The van der Waals surface area contributed by atoms with E-state index >= 15 is 0 Å². The summed E-state index contributed by atoms with van der Waals surface area (Å²) in [5.41, 5.74) is 0. The first-order chi connectivity index (χ1) is 4.22. The summed E-state index contributed by atoms with van der Waals surface area (Å²) < 4.78 is 0. The Kier molecular flexibility index (Phi) is 3.70. The highest BCUT2D eigenvalue weighted by Crippen LogP contribution is 2.05. The molecule has 0 rings (SSSR count). The largest absolute Gasteiger partial charge is 0.299 e. The minimum Gasteiger partial charge on any atom is -0.299 e. The summed E-state index contributed by atoms with van der Waals surface area (Å²) in [5.74, 6) is 0.355. The van der Waals surface area contributed by atoms with Crippen molar-refractivity contribution >= 4 is 6.21 Å². The Bertz CT molecular complexity index is 130. The lowest BCUT2D eigenvalue weighted by Crippen LogP contribution is -2.06. The van der Waals surface area contributed by atoms with Crippen molar-refractivity contribution in [2.24, 2.45) is 16.8 Å². The van der Waals surface area contributed by atoms with Crippen LogP contribution in [-0.2, 0) is 0 Å². The standard InChI is InChI=1S/C7H12N2/c1-6(2)7(4-8)5-9-3/h5-7H,1-3H3. The lowest BCUT2D eigenvalue weighted by atomic mass is 9.99. The van der Waals surface area contributed by atoms with Crippen molar-refractivity contribution in [3.05, 3.63) is 0 Å². The molecule has 0 aromatic rings. The summed E-state index contributed by atoms with van der Waals surface area (Å²) in [6.07, 6.45) is 1.69. The Labute approximate surface area is 56.2 Å². The zero-order valence-electron chi connectivity index (χ0n) is 6.13. The predicted octanol–water partition coefficient (Wildman–Crippen LogP) is 1.48. The molecule has 0 aromatic carbocycles. The topological polar surface area (TPSA) is 36.1 Å². The third-order valence-corrected chi connectivity index (χ3v) is 1.18. The highest BCUT2D eigenvalue weighted by molar-refractivity contribution is 5.64. The van der Waals surface area contributed by atoms with Gasteiger partial charge in [-0.1, -0.05) is 13.8 Å². The van der Waals surface area contributed by atoms with Crippen LogP contribution in [0.4, 0.5) is 0 Å². The van der Waals surface area contributed by atoms with Crippen molar-refractivity contribution in [3.63, 3.8) is 0 Å². The van der Waals surface area contributed by atoms with Crippen LogP contribution in [0, 0.1) is 23.2 Å². The van der Waals surface area contributed by atoms with Crippen molar-refractivity contribution in [3.8, 4) is 6.07 Å². The van der Waals surface area contributed by atoms with Gasteiger partial charge in [0.05, 0.1) is 12.0 Å². The van der Waals surface area contributed by atoms with Crippen LogP contribution in [0.2, 0.25) is 0 Å². The summed E-state index contributed by atoms with van der Waals surface area (Å²) in [5, 5.41) is 8.49. The molecule has 0 aliphatic rings. The molecule has 0 fully saturated rings. The van der Waals surface area contributed by atoms with E-state index in [9.17, 15) is 0 Å². The average Bonchev–Trinajstić information content (AvgIpc) is 1.82. The first kappa shape index (κ1) is 8.16. The summed E-state index contributed by atoms with van der Waals surface area (Å²) in [7, 11) is 1.69. The Hall–Kier alpha value is -0.840. The van der Waals surface area contributed by atoms with Gasteiger partial charge >= 0.3 is 0 Å². The molecule has 0 radical (unpaired) electrons. The van der Waals surface area contributed by atoms with E-state index in [1.165, 1.54) is 0 Å². The second-order valence-corrected chi connectivity index (χ2v) is 2.31. The van der Waals surface area contributed by atoms with Gasteiger partial charge in [0.1, 0.15) is 0 Å². The molecule has 0 aliphatic carbocycles. The van der Waals surface area contributed by atoms with Crippen LogP contribution in [0.1, 0.15) is 13.8 Å². The predicted molar refractivity (Wildman–Crippen MR) is 38.4 cm³/mol. The second kappa shape index (κ2) is 4.08. The third-order valence-electron chi connectivity index (χ3n) is 1.18. The average molecular weight is 124 g/mol. The molecule has 0 bridgehead atoms. The lowest BCUT2D eigenvalue weighted by Gasteiger charge is -2.04. The van der Waals surface area contributed by atoms with E-state index in [1.807, 2.05) is 13.8 Å². The van der Waals surface area contributed by atoms with Gasteiger partial charge in [-0.25, -0.2) is 0 Å². The summed E-state index contributed by atoms with van der Waals surface area (Å²) >= 11 is 0. The normalized spacial score (nSPS) is 14.1. The van der Waals surface area contributed by atoms with Crippen LogP contribution < -0.4 is 0 Å². The summed E-state index contributed by atoms with van der Waals surface area (Å²) in [6, 6.07) is 2.15. The Morgan fingerprint density at radius 3 is 2.22 bits per heavy atom. The fourth-order valence-corrected chi connectivity index (χ4v) is 0.515. The zero-order chi connectivity index (χ0) is 7.28. The van der Waals surface area contributed by atoms with Crippen LogP contribution in [0.15, 0.2) is 4.99 Å². The van der Waals surface area contributed by atoms with E-state index in [1.54, 1.807) is 13.3 Å². The number of hydrogen-bond acceptors (Lipinski definition) is 2. The first-order valence-electron chi connectivity index (χ1n) is 3.04. The van der Waals surface area contributed by atoms with Crippen molar-refractivity contribution in [1.82, 2.24) is 0 Å². The van der Waals surface area contributed by atoms with Crippen LogP contribution in [0.5, 0.6) is 0 Å². The summed E-state index contributed by atoms with van der Waals surface area (Å²) in [4.78, 5) is 3.78. The molecule has 2 heteroatoms. The molecule has 1 atom stereocenters. The van der Waals surface area contributed by atoms with Crippen molar-refractivity contribution in [2.45, 2.75) is 13.8 Å². The van der Waals surface area contributed by atoms with Crippen LogP contribution in [-0.4, -0.2) is 13.3 Å². The molecule has 1 unspecified atom stereocenters. The lowest BCUT2D eigenvalue weighted by molar-refractivity contribution is 0.594. The maximum atomic E-state index is 8.49. The molecular weight excluding hydrogens is 112 g/mol. The smallest absolute Gasteiger partial charge is 0.0833 e. The third kappa shape index (κ3) is 2.86. The highest BCUT2D eigenvalue weighted by Gasteiger charge is 2.06. The molecule has 0 amide bonds. The molecule has 50 valence electrons. The Morgan fingerprint density at radius 1 is 1.56 bits per heavy atom. The molecule has 0 aromatic heterocycles. The summed E-state index contributed by atoms with van der Waals surface area (Å²) in [6.45, 7) is 4.02. The number of aliphatic imine (C=N–C) groups is 1. The van der Waals surface area contributed by atoms with Gasteiger partial charge in [0.2, 0.25) is 0 Å². The van der Waals surface area contributed by atoms with E-state index < -0.39 is 0 Å². The van der Waals surface area contributed by atoms with E-state index in [4.69, 9.17) is 5.26 Å². The molecule has 0 N–H and O–H groups in total. The van der Waals surface area contributed by atoms with Crippen LogP contribution in [0.3, 0.4) is 0 Å². The van der Waals surface area contributed by atoms with Crippen molar-refractivity contribution < 1.29 is 0 Å². The quantitative estimate of drug-likeness (QED) is 0.513.